The molecule has 2 aromatic heterocycles. The van der Waals surface area contributed by atoms with Crippen LogP contribution in [0, 0.1) is 23.0 Å². The average molecular weight is 363 g/mol. The Morgan fingerprint density at radius 3 is 2.52 bits per heavy atom. The molecule has 0 bridgehead atoms. The second-order valence-electron chi connectivity index (χ2n) is 5.84. The number of hydrogen-bond acceptors (Lipinski definition) is 4. The van der Waals surface area contributed by atoms with E-state index < -0.39 is 17.2 Å². The number of halogens is 2. The van der Waals surface area contributed by atoms with Crippen LogP contribution in [0.4, 0.5) is 14.6 Å². The standard InChI is InChI=1S/C19H11F2N5O/c20-12-5-6-13(14(21)7-12)17-18(11-3-1-10(9-22)2-4-11)26-16(27)8-15(23)24-19(26)25-17/h1-8H,23H2,(H,24,25). The number of benzene rings is 2. The number of nitrogen functional groups attached to an aromatic ring is 1. The van der Waals surface area contributed by atoms with Gasteiger partial charge in [-0.1, -0.05) is 12.1 Å². The first-order chi connectivity index (χ1) is 13.0. The van der Waals surface area contributed by atoms with E-state index in [0.717, 1.165) is 18.2 Å². The third-order valence-corrected chi connectivity index (χ3v) is 4.12. The minimum atomic E-state index is -0.794. The molecule has 2 aromatic carbocycles. The van der Waals surface area contributed by atoms with Crippen LogP contribution in [-0.2, 0) is 0 Å². The first-order valence-corrected chi connectivity index (χ1v) is 7.85. The van der Waals surface area contributed by atoms with Gasteiger partial charge in [-0.25, -0.2) is 13.2 Å². The maximum Gasteiger partial charge on any atom is 0.261 e. The normalized spacial score (nSPS) is 10.9. The molecule has 0 saturated carbocycles. The van der Waals surface area contributed by atoms with Gasteiger partial charge < -0.3 is 10.7 Å². The zero-order valence-corrected chi connectivity index (χ0v) is 13.7. The van der Waals surface area contributed by atoms with E-state index in [1.54, 1.807) is 24.3 Å². The van der Waals surface area contributed by atoms with E-state index in [1.165, 1.54) is 10.5 Å². The van der Waals surface area contributed by atoms with Crippen molar-refractivity contribution in [1.29, 1.82) is 5.26 Å². The van der Waals surface area contributed by atoms with Gasteiger partial charge in [0.1, 0.15) is 17.5 Å². The Bertz CT molecular complexity index is 1280. The molecule has 6 nitrogen and oxygen atoms in total. The molecule has 8 heteroatoms. The molecular formula is C19H11F2N5O. The molecule has 4 rings (SSSR count). The highest BCUT2D eigenvalue weighted by atomic mass is 19.1. The Kier molecular flexibility index (Phi) is 3.70. The smallest absolute Gasteiger partial charge is 0.261 e. The minimum absolute atomic E-state index is 0.0127. The van der Waals surface area contributed by atoms with Crippen LogP contribution in [0.1, 0.15) is 5.56 Å². The summed E-state index contributed by atoms with van der Waals surface area (Å²) in [5.41, 5.74) is 6.81. The van der Waals surface area contributed by atoms with Crippen LogP contribution in [0.5, 0.6) is 0 Å². The van der Waals surface area contributed by atoms with E-state index in [-0.39, 0.29) is 22.9 Å². The molecule has 0 amide bonds. The summed E-state index contributed by atoms with van der Waals surface area (Å²) in [4.78, 5) is 19.5. The highest BCUT2D eigenvalue weighted by Crippen LogP contribution is 2.33. The average Bonchev–Trinajstić information content (AvgIpc) is 3.01. The first-order valence-electron chi connectivity index (χ1n) is 7.85. The van der Waals surface area contributed by atoms with Crippen LogP contribution in [0.15, 0.2) is 53.3 Å². The Hall–Kier alpha value is -3.99. The third kappa shape index (κ3) is 2.71. The van der Waals surface area contributed by atoms with Gasteiger partial charge in [0, 0.05) is 23.3 Å². The second kappa shape index (κ2) is 6.07. The van der Waals surface area contributed by atoms with Crippen LogP contribution in [-0.4, -0.2) is 14.4 Å². The lowest BCUT2D eigenvalue weighted by molar-refractivity contribution is 0.585. The van der Waals surface area contributed by atoms with Crippen LogP contribution < -0.4 is 11.3 Å². The van der Waals surface area contributed by atoms with Gasteiger partial charge in [0.2, 0.25) is 5.78 Å². The zero-order valence-electron chi connectivity index (χ0n) is 13.7. The summed E-state index contributed by atoms with van der Waals surface area (Å²) in [6, 6.07) is 12.7. The molecule has 0 aliphatic rings. The molecule has 0 unspecified atom stereocenters. The van der Waals surface area contributed by atoms with Crippen molar-refractivity contribution in [3.05, 3.63) is 76.1 Å². The van der Waals surface area contributed by atoms with Crippen molar-refractivity contribution in [1.82, 2.24) is 14.4 Å². The molecule has 0 spiro atoms. The summed E-state index contributed by atoms with van der Waals surface area (Å²) in [7, 11) is 0. The Balaban J connectivity index is 2.10. The van der Waals surface area contributed by atoms with Gasteiger partial charge in [0.25, 0.3) is 5.56 Å². The second-order valence-corrected chi connectivity index (χ2v) is 5.84. The number of anilines is 1. The highest BCUT2D eigenvalue weighted by molar-refractivity contribution is 5.82. The van der Waals surface area contributed by atoms with E-state index >= 15 is 0 Å². The van der Waals surface area contributed by atoms with Gasteiger partial charge in [-0.3, -0.25) is 4.79 Å². The topological polar surface area (TPSA) is 100.0 Å². The van der Waals surface area contributed by atoms with Gasteiger partial charge in [0.15, 0.2) is 0 Å². The van der Waals surface area contributed by atoms with Crippen molar-refractivity contribution < 1.29 is 8.78 Å². The summed E-state index contributed by atoms with van der Waals surface area (Å²) in [5, 5.41) is 8.98. The Morgan fingerprint density at radius 1 is 1.11 bits per heavy atom. The lowest BCUT2D eigenvalue weighted by atomic mass is 10.0. The van der Waals surface area contributed by atoms with E-state index in [0.29, 0.717) is 16.8 Å². The molecule has 0 radical (unpaired) electrons. The molecule has 0 saturated heterocycles. The zero-order chi connectivity index (χ0) is 19.1. The number of rotatable bonds is 2. The highest BCUT2D eigenvalue weighted by Gasteiger charge is 2.20. The predicted octanol–water partition coefficient (Wildman–Crippen LogP) is 3.09. The van der Waals surface area contributed by atoms with Crippen molar-refractivity contribution in [2.24, 2.45) is 0 Å². The SMILES string of the molecule is N#Cc1ccc(-c2c(-c3ccc(F)cc3F)[nH]c3nc(N)cc(=O)n23)cc1. The Labute approximate surface area is 151 Å². The molecule has 132 valence electrons. The molecule has 0 aliphatic carbocycles. The number of imidazole rings is 1. The molecule has 0 atom stereocenters. The number of fused-ring (bicyclic) bond motifs is 1. The molecular weight excluding hydrogens is 352 g/mol. The summed E-state index contributed by atoms with van der Waals surface area (Å²) < 4.78 is 29.0. The Morgan fingerprint density at radius 2 is 1.85 bits per heavy atom. The fourth-order valence-electron chi connectivity index (χ4n) is 2.95. The van der Waals surface area contributed by atoms with E-state index in [4.69, 9.17) is 11.0 Å². The van der Waals surface area contributed by atoms with Gasteiger partial charge in [-0.05, 0) is 24.3 Å². The number of nitrogens with two attached hydrogens (primary N) is 1. The molecule has 2 heterocycles. The minimum Gasteiger partial charge on any atom is -0.383 e. The summed E-state index contributed by atoms with van der Waals surface area (Å²) >= 11 is 0. The van der Waals surface area contributed by atoms with Crippen LogP contribution in [0.2, 0.25) is 0 Å². The quantitative estimate of drug-likeness (QED) is 0.571. The van der Waals surface area contributed by atoms with E-state index in [1.807, 2.05) is 6.07 Å². The maximum atomic E-state index is 14.4. The van der Waals surface area contributed by atoms with E-state index in [9.17, 15) is 13.6 Å². The van der Waals surface area contributed by atoms with E-state index in [2.05, 4.69) is 9.97 Å². The van der Waals surface area contributed by atoms with Crippen LogP contribution in [0.25, 0.3) is 28.3 Å². The van der Waals surface area contributed by atoms with Gasteiger partial charge in [-0.15, -0.1) is 0 Å². The fraction of sp³-hybridized carbons (Fsp3) is 0. The molecule has 0 fully saturated rings. The lowest BCUT2D eigenvalue weighted by Gasteiger charge is -2.07. The number of hydrogen-bond donors (Lipinski definition) is 2. The van der Waals surface area contributed by atoms with Crippen molar-refractivity contribution in [3.8, 4) is 28.6 Å². The van der Waals surface area contributed by atoms with Gasteiger partial charge in [-0.2, -0.15) is 10.2 Å². The number of aromatic nitrogens is 3. The number of nitrogens with one attached hydrogen (secondary N) is 1. The van der Waals surface area contributed by atoms with Crippen molar-refractivity contribution in [3.63, 3.8) is 0 Å². The van der Waals surface area contributed by atoms with Gasteiger partial charge >= 0.3 is 0 Å². The van der Waals surface area contributed by atoms with Crippen molar-refractivity contribution >= 4 is 11.6 Å². The molecule has 3 N–H and O–H groups in total. The number of nitrogens with zero attached hydrogens (tertiary/aromatic N) is 3. The van der Waals surface area contributed by atoms with Crippen molar-refractivity contribution in [2.45, 2.75) is 0 Å². The summed E-state index contributed by atoms with van der Waals surface area (Å²) in [5.74, 6) is -1.37. The number of H-pyrrole nitrogens is 1. The van der Waals surface area contributed by atoms with Crippen LogP contribution >= 0.6 is 0 Å². The molecule has 4 aromatic rings. The van der Waals surface area contributed by atoms with Crippen molar-refractivity contribution in [2.75, 3.05) is 5.73 Å². The fourth-order valence-corrected chi connectivity index (χ4v) is 2.95. The summed E-state index contributed by atoms with van der Waals surface area (Å²) in [6.07, 6.45) is 0. The van der Waals surface area contributed by atoms with Gasteiger partial charge in [0.05, 0.1) is 23.0 Å². The lowest BCUT2D eigenvalue weighted by Crippen LogP contribution is -2.15. The third-order valence-electron chi connectivity index (χ3n) is 4.12. The number of nitriles is 1. The summed E-state index contributed by atoms with van der Waals surface area (Å²) in [6.45, 7) is 0. The molecule has 27 heavy (non-hydrogen) atoms. The number of aromatic amines is 1. The predicted molar refractivity (Wildman–Crippen MR) is 95.7 cm³/mol. The maximum absolute atomic E-state index is 14.4. The largest absolute Gasteiger partial charge is 0.383 e. The molecule has 0 aliphatic heterocycles. The van der Waals surface area contributed by atoms with Crippen LogP contribution in [0.3, 0.4) is 0 Å². The first kappa shape index (κ1) is 16.5. The monoisotopic (exact) mass is 363 g/mol.